The number of aliphatic carboxylic acids is 1. The highest BCUT2D eigenvalue weighted by molar-refractivity contribution is 5.85. The van der Waals surface area contributed by atoms with Gasteiger partial charge in [-0.1, -0.05) is 12.1 Å². The molecule has 1 aromatic carbocycles. The van der Waals surface area contributed by atoms with Crippen LogP contribution in [0.1, 0.15) is 25.0 Å². The van der Waals surface area contributed by atoms with E-state index < -0.39 is 29.9 Å². The Balaban J connectivity index is 2.14. The second-order valence-corrected chi connectivity index (χ2v) is 6.17. The van der Waals surface area contributed by atoms with E-state index >= 15 is 0 Å². The number of nitrogens with one attached hydrogen (secondary N) is 1. The van der Waals surface area contributed by atoms with Crippen LogP contribution in [0.2, 0.25) is 0 Å². The summed E-state index contributed by atoms with van der Waals surface area (Å²) in [7, 11) is 0. The highest BCUT2D eigenvalue weighted by Crippen LogP contribution is 2.29. The number of rotatable bonds is 8. The average molecular weight is 400 g/mol. The zero-order valence-corrected chi connectivity index (χ0v) is 15.9. The molecule has 0 spiro atoms. The van der Waals surface area contributed by atoms with Crippen molar-refractivity contribution in [1.29, 1.82) is 0 Å². The van der Waals surface area contributed by atoms with E-state index in [0.29, 0.717) is 11.1 Å². The normalized spacial score (nSPS) is 11.2. The van der Waals surface area contributed by atoms with Crippen molar-refractivity contribution >= 4 is 23.8 Å². The summed E-state index contributed by atoms with van der Waals surface area (Å²) in [6.07, 6.45) is 3.01. The quantitative estimate of drug-likeness (QED) is 0.500. The Hall–Kier alpha value is -3.75. The highest BCUT2D eigenvalue weighted by atomic mass is 16.6. The van der Waals surface area contributed by atoms with Crippen LogP contribution in [0.5, 0.6) is 11.5 Å². The lowest BCUT2D eigenvalue weighted by Gasteiger charge is -2.16. The van der Waals surface area contributed by atoms with Gasteiger partial charge < -0.3 is 19.9 Å². The van der Waals surface area contributed by atoms with E-state index in [4.69, 9.17) is 9.47 Å². The summed E-state index contributed by atoms with van der Waals surface area (Å²) in [6.45, 7) is 2.38. The molecule has 1 atom stereocenters. The van der Waals surface area contributed by atoms with Gasteiger partial charge >= 0.3 is 17.9 Å². The number of nitrogens with zero attached hydrogens (tertiary/aromatic N) is 1. The minimum atomic E-state index is -1.22. The van der Waals surface area contributed by atoms with E-state index in [9.17, 15) is 24.3 Å². The number of hydrogen-bond acceptors (Lipinski definition) is 7. The van der Waals surface area contributed by atoms with Gasteiger partial charge in [0.2, 0.25) is 5.91 Å². The second kappa shape index (κ2) is 9.98. The molecule has 0 radical (unpaired) electrons. The molecule has 0 fully saturated rings. The van der Waals surface area contributed by atoms with Gasteiger partial charge in [-0.2, -0.15) is 0 Å². The van der Waals surface area contributed by atoms with Gasteiger partial charge in [0.1, 0.15) is 6.04 Å². The topological polar surface area (TPSA) is 132 Å². The predicted molar refractivity (Wildman–Crippen MR) is 100 cm³/mol. The van der Waals surface area contributed by atoms with Crippen molar-refractivity contribution in [2.75, 3.05) is 0 Å². The first kappa shape index (κ1) is 21.5. The number of hydrogen-bond donors (Lipinski definition) is 2. The maximum Gasteiger partial charge on any atom is 0.326 e. The van der Waals surface area contributed by atoms with E-state index in [2.05, 4.69) is 10.3 Å². The van der Waals surface area contributed by atoms with Crippen molar-refractivity contribution < 1.29 is 33.8 Å². The summed E-state index contributed by atoms with van der Waals surface area (Å²) in [5, 5.41) is 11.9. The number of esters is 2. The zero-order valence-electron chi connectivity index (χ0n) is 15.9. The molecule has 1 aromatic heterocycles. The SMILES string of the molecule is CC(=O)Oc1ccc(C[C@H](NC(=O)Cc2cccnc2)C(=O)O)cc1OC(C)=O. The number of benzene rings is 1. The molecule has 2 rings (SSSR count). The fourth-order valence-corrected chi connectivity index (χ4v) is 2.52. The smallest absolute Gasteiger partial charge is 0.326 e. The molecule has 2 aromatic rings. The highest BCUT2D eigenvalue weighted by Gasteiger charge is 2.22. The van der Waals surface area contributed by atoms with Crippen LogP contribution in [-0.2, 0) is 32.0 Å². The van der Waals surface area contributed by atoms with Gasteiger partial charge in [-0.25, -0.2) is 4.79 Å². The summed E-state index contributed by atoms with van der Waals surface area (Å²) >= 11 is 0. The van der Waals surface area contributed by atoms with Crippen molar-refractivity contribution in [1.82, 2.24) is 10.3 Å². The van der Waals surface area contributed by atoms with Crippen LogP contribution < -0.4 is 14.8 Å². The number of aromatic nitrogens is 1. The molecule has 0 aliphatic rings. The van der Waals surface area contributed by atoms with Gasteiger partial charge in [0.25, 0.3) is 0 Å². The molecule has 0 unspecified atom stereocenters. The molecule has 0 aliphatic carbocycles. The Morgan fingerprint density at radius 3 is 2.31 bits per heavy atom. The largest absolute Gasteiger partial charge is 0.480 e. The molecular weight excluding hydrogens is 380 g/mol. The number of pyridine rings is 1. The van der Waals surface area contributed by atoms with Crippen LogP contribution >= 0.6 is 0 Å². The summed E-state index contributed by atoms with van der Waals surface area (Å²) in [4.78, 5) is 50.1. The lowest BCUT2D eigenvalue weighted by Crippen LogP contribution is -2.43. The van der Waals surface area contributed by atoms with Crippen LogP contribution in [0.15, 0.2) is 42.7 Å². The summed E-state index contributed by atoms with van der Waals surface area (Å²) in [5.74, 6) is -2.91. The molecule has 1 amide bonds. The summed E-state index contributed by atoms with van der Waals surface area (Å²) < 4.78 is 10.0. The molecular formula is C20H20N2O7. The van der Waals surface area contributed by atoms with Gasteiger partial charge in [-0.15, -0.1) is 0 Å². The Bertz CT molecular complexity index is 912. The van der Waals surface area contributed by atoms with Crippen LogP contribution in [-0.4, -0.2) is 39.9 Å². The van der Waals surface area contributed by atoms with E-state index in [1.807, 2.05) is 0 Å². The van der Waals surface area contributed by atoms with Crippen molar-refractivity contribution in [3.63, 3.8) is 0 Å². The minimum Gasteiger partial charge on any atom is -0.480 e. The van der Waals surface area contributed by atoms with Crippen molar-refractivity contribution in [3.8, 4) is 11.5 Å². The third-order valence-electron chi connectivity index (χ3n) is 3.68. The third-order valence-corrected chi connectivity index (χ3v) is 3.68. The Labute approximate surface area is 166 Å². The number of amides is 1. The minimum absolute atomic E-state index is 0.0122. The standard InChI is InChI=1S/C20H20N2O7/c1-12(23)28-17-6-5-14(9-18(17)29-13(2)24)8-16(20(26)27)22-19(25)10-15-4-3-7-21-11-15/h3-7,9,11,16H,8,10H2,1-2H3,(H,22,25)(H,26,27)/t16-/m0/s1. The maximum atomic E-state index is 12.2. The first-order chi connectivity index (χ1) is 13.7. The molecule has 0 aliphatic heterocycles. The van der Waals surface area contributed by atoms with Gasteiger partial charge in [-0.3, -0.25) is 19.4 Å². The van der Waals surface area contributed by atoms with Gasteiger partial charge in [0, 0.05) is 32.7 Å². The predicted octanol–water partition coefficient (Wildman–Crippen LogP) is 1.29. The van der Waals surface area contributed by atoms with Crippen molar-refractivity contribution in [2.24, 2.45) is 0 Å². The van der Waals surface area contributed by atoms with Crippen LogP contribution in [0.3, 0.4) is 0 Å². The fraction of sp³-hybridized carbons (Fsp3) is 0.250. The number of carboxylic acid groups (broad SMARTS) is 1. The summed E-state index contributed by atoms with van der Waals surface area (Å²) in [6, 6.07) is 6.49. The van der Waals surface area contributed by atoms with Gasteiger partial charge in [-0.05, 0) is 29.3 Å². The lowest BCUT2D eigenvalue weighted by atomic mass is 10.0. The number of ether oxygens (including phenoxy) is 2. The average Bonchev–Trinajstić information content (AvgIpc) is 2.63. The Kier molecular flexibility index (Phi) is 7.41. The van der Waals surface area contributed by atoms with E-state index in [1.54, 1.807) is 18.3 Å². The first-order valence-electron chi connectivity index (χ1n) is 8.65. The van der Waals surface area contributed by atoms with E-state index in [-0.39, 0.29) is 24.3 Å². The van der Waals surface area contributed by atoms with Crippen molar-refractivity contribution in [3.05, 3.63) is 53.9 Å². The van der Waals surface area contributed by atoms with Gasteiger partial charge in [0.05, 0.1) is 6.42 Å². The molecule has 9 heteroatoms. The third kappa shape index (κ3) is 7.06. The number of carbonyl (C=O) groups is 4. The monoisotopic (exact) mass is 400 g/mol. The number of carboxylic acids is 1. The Morgan fingerprint density at radius 2 is 1.72 bits per heavy atom. The maximum absolute atomic E-state index is 12.2. The first-order valence-corrected chi connectivity index (χ1v) is 8.65. The molecule has 0 saturated carbocycles. The molecule has 2 N–H and O–H groups in total. The molecule has 29 heavy (non-hydrogen) atoms. The van der Waals surface area contributed by atoms with Crippen LogP contribution in [0, 0.1) is 0 Å². The lowest BCUT2D eigenvalue weighted by molar-refractivity contribution is -0.141. The van der Waals surface area contributed by atoms with Gasteiger partial charge in [0.15, 0.2) is 11.5 Å². The van der Waals surface area contributed by atoms with E-state index in [0.717, 1.165) is 0 Å². The summed E-state index contributed by atoms with van der Waals surface area (Å²) in [5.41, 5.74) is 1.11. The molecule has 0 bridgehead atoms. The Morgan fingerprint density at radius 1 is 1.03 bits per heavy atom. The fourth-order valence-electron chi connectivity index (χ4n) is 2.52. The molecule has 9 nitrogen and oxygen atoms in total. The number of carbonyl (C=O) groups excluding carboxylic acids is 3. The zero-order chi connectivity index (χ0) is 21.4. The molecule has 152 valence electrons. The van der Waals surface area contributed by atoms with Crippen molar-refractivity contribution in [2.45, 2.75) is 32.7 Å². The van der Waals surface area contributed by atoms with Crippen LogP contribution in [0.4, 0.5) is 0 Å². The van der Waals surface area contributed by atoms with E-state index in [1.165, 1.54) is 38.2 Å². The molecule has 1 heterocycles. The van der Waals surface area contributed by atoms with Crippen LogP contribution in [0.25, 0.3) is 0 Å². The second-order valence-electron chi connectivity index (χ2n) is 6.17. The molecule has 0 saturated heterocycles.